The average Bonchev–Trinajstić information content (AvgIpc) is 3.62. The van der Waals surface area contributed by atoms with E-state index in [0.717, 1.165) is 66.3 Å². The Labute approximate surface area is 306 Å². The molecule has 0 unspecified atom stereocenters. The standard InChI is InChI=1S/C49H31N3O/c1-4-13-32(14-5-1)37-19-12-20-39(29-37)49-51-47(35-17-8-3-9-18-35)50-48(52-49)36-25-23-33(24-26-36)38-27-28-45-43(30-38)44-31-42(34-15-6-2-7-16-34)40-21-10-11-22-41(40)46(44)53-45/h1-31H. The SMILES string of the molecule is c1ccc(-c2cccc(-c3nc(-c4ccccc4)nc(-c4ccc(-c5ccc6oc7c8ccccc8c(-c8ccccc8)cc7c6c5)cc4)n3)c2)cc1. The van der Waals surface area contributed by atoms with Crippen LogP contribution in [-0.4, -0.2) is 15.0 Å². The van der Waals surface area contributed by atoms with Crippen molar-refractivity contribution in [2.75, 3.05) is 0 Å². The lowest BCUT2D eigenvalue weighted by molar-refractivity contribution is 0.673. The zero-order chi connectivity index (χ0) is 35.1. The fraction of sp³-hybridized carbons (Fsp3) is 0. The molecule has 0 aliphatic carbocycles. The van der Waals surface area contributed by atoms with Gasteiger partial charge in [-0.05, 0) is 63.0 Å². The number of aromatic nitrogens is 3. The van der Waals surface area contributed by atoms with Crippen LogP contribution < -0.4 is 0 Å². The molecule has 0 N–H and O–H groups in total. The quantitative estimate of drug-likeness (QED) is 0.176. The Hall–Kier alpha value is -7.17. The second kappa shape index (κ2) is 12.9. The fourth-order valence-electron chi connectivity index (χ4n) is 7.26. The van der Waals surface area contributed by atoms with Crippen LogP contribution in [0.5, 0.6) is 0 Å². The first-order valence-electron chi connectivity index (χ1n) is 17.8. The molecule has 0 bridgehead atoms. The van der Waals surface area contributed by atoms with Crippen molar-refractivity contribution in [1.29, 1.82) is 0 Å². The Morgan fingerprint density at radius 1 is 0.283 bits per heavy atom. The predicted octanol–water partition coefficient (Wildman–Crippen LogP) is 12.9. The summed E-state index contributed by atoms with van der Waals surface area (Å²) < 4.78 is 6.53. The molecule has 0 amide bonds. The van der Waals surface area contributed by atoms with Crippen molar-refractivity contribution in [3.63, 3.8) is 0 Å². The molecule has 53 heavy (non-hydrogen) atoms. The van der Waals surface area contributed by atoms with E-state index in [9.17, 15) is 0 Å². The van der Waals surface area contributed by atoms with E-state index in [4.69, 9.17) is 19.4 Å². The highest BCUT2D eigenvalue weighted by molar-refractivity contribution is 6.19. The summed E-state index contributed by atoms with van der Waals surface area (Å²) in [4.78, 5) is 15.0. The van der Waals surface area contributed by atoms with Crippen molar-refractivity contribution in [1.82, 2.24) is 15.0 Å². The van der Waals surface area contributed by atoms with E-state index in [2.05, 4.69) is 152 Å². The van der Waals surface area contributed by atoms with Gasteiger partial charge in [0.1, 0.15) is 11.2 Å². The zero-order valence-corrected chi connectivity index (χ0v) is 28.6. The van der Waals surface area contributed by atoms with Crippen LogP contribution >= 0.6 is 0 Å². The van der Waals surface area contributed by atoms with E-state index >= 15 is 0 Å². The molecule has 4 heteroatoms. The van der Waals surface area contributed by atoms with Crippen LogP contribution in [0, 0.1) is 0 Å². The summed E-state index contributed by atoms with van der Waals surface area (Å²) in [5.41, 5.74) is 11.4. The first-order chi connectivity index (χ1) is 26.2. The maximum absolute atomic E-state index is 6.53. The van der Waals surface area contributed by atoms with Crippen molar-refractivity contribution in [2.45, 2.75) is 0 Å². The molecule has 0 saturated carbocycles. The van der Waals surface area contributed by atoms with Crippen LogP contribution in [0.3, 0.4) is 0 Å². The van der Waals surface area contributed by atoms with Crippen molar-refractivity contribution >= 4 is 32.7 Å². The van der Waals surface area contributed by atoms with Gasteiger partial charge < -0.3 is 4.42 Å². The van der Waals surface area contributed by atoms with E-state index in [1.165, 1.54) is 16.5 Å². The summed E-state index contributed by atoms with van der Waals surface area (Å²) in [6.45, 7) is 0. The fourth-order valence-corrected chi connectivity index (χ4v) is 7.26. The van der Waals surface area contributed by atoms with Gasteiger partial charge in [0.05, 0.1) is 0 Å². The Kier molecular flexibility index (Phi) is 7.43. The third kappa shape index (κ3) is 5.63. The van der Waals surface area contributed by atoms with E-state index in [0.29, 0.717) is 17.5 Å². The minimum absolute atomic E-state index is 0.627. The number of hydrogen-bond acceptors (Lipinski definition) is 4. The van der Waals surface area contributed by atoms with Gasteiger partial charge in [-0.15, -0.1) is 0 Å². The van der Waals surface area contributed by atoms with Gasteiger partial charge in [-0.25, -0.2) is 15.0 Å². The summed E-state index contributed by atoms with van der Waals surface area (Å²) in [6.07, 6.45) is 0. The van der Waals surface area contributed by atoms with Gasteiger partial charge in [0, 0.05) is 32.8 Å². The van der Waals surface area contributed by atoms with Crippen LogP contribution in [0.15, 0.2) is 192 Å². The van der Waals surface area contributed by atoms with Crippen molar-refractivity contribution < 1.29 is 4.42 Å². The van der Waals surface area contributed by atoms with E-state index in [1.54, 1.807) is 0 Å². The van der Waals surface area contributed by atoms with E-state index < -0.39 is 0 Å². The molecule has 0 atom stereocenters. The average molecular weight is 678 g/mol. The topological polar surface area (TPSA) is 51.8 Å². The monoisotopic (exact) mass is 677 g/mol. The molecule has 2 aromatic heterocycles. The molecular weight excluding hydrogens is 647 g/mol. The van der Waals surface area contributed by atoms with Crippen LogP contribution in [-0.2, 0) is 0 Å². The van der Waals surface area contributed by atoms with Gasteiger partial charge in [-0.1, -0.05) is 164 Å². The molecule has 0 aliphatic rings. The Morgan fingerprint density at radius 2 is 0.755 bits per heavy atom. The highest BCUT2D eigenvalue weighted by atomic mass is 16.3. The summed E-state index contributed by atoms with van der Waals surface area (Å²) >= 11 is 0. The van der Waals surface area contributed by atoms with Crippen molar-refractivity contribution in [3.8, 4) is 67.5 Å². The summed E-state index contributed by atoms with van der Waals surface area (Å²) in [5.74, 6) is 1.90. The zero-order valence-electron chi connectivity index (χ0n) is 28.6. The number of fused-ring (bicyclic) bond motifs is 5. The Balaban J connectivity index is 1.05. The van der Waals surface area contributed by atoms with Gasteiger partial charge in [-0.3, -0.25) is 0 Å². The van der Waals surface area contributed by atoms with E-state index in [-0.39, 0.29) is 0 Å². The second-order valence-corrected chi connectivity index (χ2v) is 13.2. The molecule has 0 radical (unpaired) electrons. The third-order valence-electron chi connectivity index (χ3n) is 9.93. The van der Waals surface area contributed by atoms with Crippen molar-refractivity contribution in [2.24, 2.45) is 0 Å². The lowest BCUT2D eigenvalue weighted by Gasteiger charge is -2.10. The molecule has 0 saturated heterocycles. The minimum Gasteiger partial charge on any atom is -0.455 e. The van der Waals surface area contributed by atoms with Gasteiger partial charge in [0.15, 0.2) is 17.5 Å². The van der Waals surface area contributed by atoms with E-state index in [1.807, 2.05) is 36.4 Å². The first kappa shape index (κ1) is 30.6. The number of benzene rings is 8. The molecule has 2 heterocycles. The smallest absolute Gasteiger partial charge is 0.164 e. The Bertz CT molecular complexity index is 2920. The lowest BCUT2D eigenvalue weighted by Crippen LogP contribution is -2.00. The maximum atomic E-state index is 6.53. The van der Waals surface area contributed by atoms with Crippen molar-refractivity contribution in [3.05, 3.63) is 188 Å². The number of nitrogens with zero attached hydrogens (tertiary/aromatic N) is 3. The molecule has 0 fully saturated rings. The van der Waals surface area contributed by atoms with Crippen LogP contribution in [0.4, 0.5) is 0 Å². The highest BCUT2D eigenvalue weighted by Gasteiger charge is 2.17. The normalized spacial score (nSPS) is 11.4. The summed E-state index contributed by atoms with van der Waals surface area (Å²) in [5, 5.41) is 4.50. The molecule has 0 aliphatic heterocycles. The molecule has 0 spiro atoms. The number of furan rings is 1. The van der Waals surface area contributed by atoms with Gasteiger partial charge in [0.2, 0.25) is 0 Å². The molecule has 10 rings (SSSR count). The Morgan fingerprint density at radius 3 is 1.45 bits per heavy atom. The van der Waals surface area contributed by atoms with Crippen LogP contribution in [0.25, 0.3) is 100 Å². The summed E-state index contributed by atoms with van der Waals surface area (Å²) in [6, 6.07) is 65.2. The number of rotatable bonds is 6. The molecule has 248 valence electrons. The molecule has 4 nitrogen and oxygen atoms in total. The highest BCUT2D eigenvalue weighted by Crippen LogP contribution is 2.41. The number of hydrogen-bond donors (Lipinski definition) is 0. The van der Waals surface area contributed by atoms with Crippen LogP contribution in [0.2, 0.25) is 0 Å². The van der Waals surface area contributed by atoms with Gasteiger partial charge in [0.25, 0.3) is 0 Å². The largest absolute Gasteiger partial charge is 0.455 e. The third-order valence-corrected chi connectivity index (χ3v) is 9.93. The first-order valence-corrected chi connectivity index (χ1v) is 17.8. The summed E-state index contributed by atoms with van der Waals surface area (Å²) in [7, 11) is 0. The van der Waals surface area contributed by atoms with Gasteiger partial charge >= 0.3 is 0 Å². The molecule has 8 aromatic carbocycles. The molecule has 10 aromatic rings. The second-order valence-electron chi connectivity index (χ2n) is 13.2. The van der Waals surface area contributed by atoms with Crippen LogP contribution in [0.1, 0.15) is 0 Å². The lowest BCUT2D eigenvalue weighted by atomic mass is 9.95. The maximum Gasteiger partial charge on any atom is 0.164 e. The molecular formula is C49H31N3O. The predicted molar refractivity (Wildman–Crippen MR) is 217 cm³/mol. The minimum atomic E-state index is 0.627. The van der Waals surface area contributed by atoms with Gasteiger partial charge in [-0.2, -0.15) is 0 Å².